The van der Waals surface area contributed by atoms with Crippen molar-refractivity contribution in [3.8, 4) is 0 Å². The van der Waals surface area contributed by atoms with Crippen molar-refractivity contribution >= 4 is 0 Å². The molecule has 0 aromatic carbocycles. The van der Waals surface area contributed by atoms with Gasteiger partial charge in [-0.15, -0.1) is 0 Å². The predicted octanol–water partition coefficient (Wildman–Crippen LogP) is 0.424. The monoisotopic (exact) mass is 157 g/mol. The molecule has 4 heteroatoms. The van der Waals surface area contributed by atoms with Crippen molar-refractivity contribution in [3.05, 3.63) is 10.1 Å². The van der Waals surface area contributed by atoms with Gasteiger partial charge in [0.2, 0.25) is 6.54 Å². The van der Waals surface area contributed by atoms with Gasteiger partial charge in [-0.2, -0.15) is 0 Å². The average Bonchev–Trinajstić information content (AvgIpc) is 1.50. The molecule has 1 atom stereocenters. The first-order chi connectivity index (χ1) is 5.12. The summed E-state index contributed by atoms with van der Waals surface area (Å²) in [6.45, 7) is -0.271. The summed E-state index contributed by atoms with van der Waals surface area (Å²) in [5.41, 5.74) is -0.0300. The SMILES string of the molecule is O=[N+]([O-])CC(O)C12CC(C1)C2. The average molecular weight is 157 g/mol. The smallest absolute Gasteiger partial charge is 0.229 e. The van der Waals surface area contributed by atoms with Crippen molar-refractivity contribution in [3.63, 3.8) is 0 Å². The Kier molecular flexibility index (Phi) is 1.24. The zero-order chi connectivity index (χ0) is 8.06. The molecule has 0 saturated heterocycles. The summed E-state index contributed by atoms with van der Waals surface area (Å²) in [5.74, 6) is 0.774. The third-order valence-corrected chi connectivity index (χ3v) is 3.11. The summed E-state index contributed by atoms with van der Waals surface area (Å²) in [6.07, 6.45) is 2.36. The molecule has 3 saturated carbocycles. The van der Waals surface area contributed by atoms with Crippen LogP contribution in [0.15, 0.2) is 0 Å². The number of hydrogen-bond acceptors (Lipinski definition) is 3. The van der Waals surface area contributed by atoms with Crippen LogP contribution in [0.5, 0.6) is 0 Å². The Morgan fingerprint density at radius 2 is 2.18 bits per heavy atom. The standard InChI is InChI=1S/C7H11NO3/c9-6(4-8(10)11)7-1-5(2-7)3-7/h5-6,9H,1-4H2. The number of nitrogens with zero attached hydrogens (tertiary/aromatic N) is 1. The Labute approximate surface area is 64.4 Å². The molecule has 0 amide bonds. The number of aliphatic hydroxyl groups excluding tert-OH is 1. The highest BCUT2D eigenvalue weighted by molar-refractivity contribution is 5.10. The molecule has 0 aromatic heterocycles. The van der Waals surface area contributed by atoms with Crippen LogP contribution in [-0.4, -0.2) is 22.7 Å². The Morgan fingerprint density at radius 3 is 2.45 bits per heavy atom. The minimum Gasteiger partial charge on any atom is -0.386 e. The molecule has 62 valence electrons. The molecule has 3 fully saturated rings. The molecule has 0 radical (unpaired) electrons. The fourth-order valence-corrected chi connectivity index (χ4v) is 2.29. The van der Waals surface area contributed by atoms with Crippen LogP contribution >= 0.6 is 0 Å². The number of hydrogen-bond donors (Lipinski definition) is 1. The molecule has 4 nitrogen and oxygen atoms in total. The van der Waals surface area contributed by atoms with E-state index in [4.69, 9.17) is 0 Å². The normalized spacial score (nSPS) is 42.1. The van der Waals surface area contributed by atoms with E-state index in [9.17, 15) is 15.2 Å². The van der Waals surface area contributed by atoms with Crippen LogP contribution in [0, 0.1) is 21.4 Å². The van der Waals surface area contributed by atoms with Gasteiger partial charge in [0.15, 0.2) is 0 Å². The van der Waals surface area contributed by atoms with E-state index in [-0.39, 0.29) is 12.0 Å². The third-order valence-electron chi connectivity index (χ3n) is 3.11. The van der Waals surface area contributed by atoms with Crippen molar-refractivity contribution in [2.45, 2.75) is 25.4 Å². The lowest BCUT2D eigenvalue weighted by molar-refractivity contribution is -0.499. The highest BCUT2D eigenvalue weighted by Gasteiger charge is 2.61. The molecule has 0 aliphatic heterocycles. The van der Waals surface area contributed by atoms with Gasteiger partial charge in [-0.05, 0) is 25.2 Å². The molecule has 3 aliphatic rings. The first-order valence-corrected chi connectivity index (χ1v) is 3.92. The molecule has 1 N–H and O–H groups in total. The molecular formula is C7H11NO3. The lowest BCUT2D eigenvalue weighted by atomic mass is 9.42. The van der Waals surface area contributed by atoms with E-state index in [1.54, 1.807) is 0 Å². The number of nitro groups is 1. The Balaban J connectivity index is 1.89. The molecule has 3 rings (SSSR count). The van der Waals surface area contributed by atoms with Gasteiger partial charge < -0.3 is 5.11 Å². The summed E-state index contributed by atoms with van der Waals surface area (Å²) in [7, 11) is 0. The van der Waals surface area contributed by atoms with Gasteiger partial charge in [0.1, 0.15) is 6.10 Å². The van der Waals surface area contributed by atoms with Gasteiger partial charge in [-0.1, -0.05) is 0 Å². The maximum Gasteiger partial charge on any atom is 0.229 e. The second kappa shape index (κ2) is 1.94. The van der Waals surface area contributed by atoms with Crippen molar-refractivity contribution in [1.82, 2.24) is 0 Å². The first kappa shape index (κ1) is 7.03. The fourth-order valence-electron chi connectivity index (χ4n) is 2.29. The molecule has 3 aliphatic carbocycles. The zero-order valence-corrected chi connectivity index (χ0v) is 6.19. The van der Waals surface area contributed by atoms with Crippen molar-refractivity contribution in [2.75, 3.05) is 6.54 Å². The summed E-state index contributed by atoms with van der Waals surface area (Å²) in [4.78, 5) is 9.63. The molecule has 2 bridgehead atoms. The lowest BCUT2D eigenvalue weighted by Crippen LogP contribution is -2.60. The largest absolute Gasteiger partial charge is 0.386 e. The lowest BCUT2D eigenvalue weighted by Gasteiger charge is -2.63. The fraction of sp³-hybridized carbons (Fsp3) is 1.00. The van der Waals surface area contributed by atoms with Crippen LogP contribution in [0.4, 0.5) is 0 Å². The van der Waals surface area contributed by atoms with E-state index in [1.807, 2.05) is 0 Å². The Bertz CT molecular complexity index is 187. The third kappa shape index (κ3) is 0.854. The topological polar surface area (TPSA) is 63.4 Å². The van der Waals surface area contributed by atoms with E-state index in [2.05, 4.69) is 0 Å². The van der Waals surface area contributed by atoms with Gasteiger partial charge in [0, 0.05) is 10.3 Å². The Hall–Kier alpha value is -0.640. The first-order valence-electron chi connectivity index (χ1n) is 3.92. The summed E-state index contributed by atoms with van der Waals surface area (Å²) in [6, 6.07) is 0. The molecular weight excluding hydrogens is 146 g/mol. The van der Waals surface area contributed by atoms with E-state index < -0.39 is 11.0 Å². The second-order valence-corrected chi connectivity index (χ2v) is 3.87. The van der Waals surface area contributed by atoms with Gasteiger partial charge in [-0.25, -0.2) is 0 Å². The maximum absolute atomic E-state index is 10.1. The molecule has 0 spiro atoms. The zero-order valence-electron chi connectivity index (χ0n) is 6.19. The number of aliphatic hydroxyl groups is 1. The highest BCUT2D eigenvalue weighted by Crippen LogP contribution is 2.66. The summed E-state index contributed by atoms with van der Waals surface area (Å²) >= 11 is 0. The second-order valence-electron chi connectivity index (χ2n) is 3.87. The Morgan fingerprint density at radius 1 is 1.64 bits per heavy atom. The van der Waals surface area contributed by atoms with E-state index in [0.717, 1.165) is 25.2 Å². The van der Waals surface area contributed by atoms with Crippen LogP contribution in [0.25, 0.3) is 0 Å². The van der Waals surface area contributed by atoms with E-state index in [0.29, 0.717) is 0 Å². The van der Waals surface area contributed by atoms with Gasteiger partial charge in [-0.3, -0.25) is 10.1 Å². The molecule has 1 unspecified atom stereocenters. The van der Waals surface area contributed by atoms with E-state index in [1.165, 1.54) is 0 Å². The number of rotatable bonds is 3. The highest BCUT2D eigenvalue weighted by atomic mass is 16.6. The molecule has 11 heavy (non-hydrogen) atoms. The van der Waals surface area contributed by atoms with Gasteiger partial charge >= 0.3 is 0 Å². The van der Waals surface area contributed by atoms with Crippen LogP contribution in [-0.2, 0) is 0 Å². The van der Waals surface area contributed by atoms with Crippen LogP contribution in [0.3, 0.4) is 0 Å². The van der Waals surface area contributed by atoms with Crippen LogP contribution in [0.1, 0.15) is 19.3 Å². The predicted molar refractivity (Wildman–Crippen MR) is 37.6 cm³/mol. The molecule has 0 heterocycles. The van der Waals surface area contributed by atoms with Gasteiger partial charge in [0.25, 0.3) is 0 Å². The van der Waals surface area contributed by atoms with Crippen LogP contribution < -0.4 is 0 Å². The minimum atomic E-state index is -0.692. The van der Waals surface area contributed by atoms with Crippen molar-refractivity contribution in [2.24, 2.45) is 11.3 Å². The molecule has 0 aromatic rings. The van der Waals surface area contributed by atoms with E-state index >= 15 is 0 Å². The summed E-state index contributed by atoms with van der Waals surface area (Å²) < 4.78 is 0. The van der Waals surface area contributed by atoms with Crippen molar-refractivity contribution < 1.29 is 10.0 Å². The van der Waals surface area contributed by atoms with Crippen LogP contribution in [0.2, 0.25) is 0 Å². The minimum absolute atomic E-state index is 0.0300. The maximum atomic E-state index is 10.1. The quantitative estimate of drug-likeness (QED) is 0.477. The summed E-state index contributed by atoms with van der Waals surface area (Å²) in [5, 5.41) is 19.5. The van der Waals surface area contributed by atoms with Crippen molar-refractivity contribution in [1.29, 1.82) is 0 Å². The van der Waals surface area contributed by atoms with Gasteiger partial charge in [0.05, 0.1) is 0 Å².